The minimum Gasteiger partial charge on any atom is -0.396 e. The summed E-state index contributed by atoms with van der Waals surface area (Å²) < 4.78 is 0. The molecule has 1 aliphatic rings. The van der Waals surface area contributed by atoms with Crippen LogP contribution in [0, 0.1) is 0 Å². The molecule has 1 fully saturated rings. The second-order valence-corrected chi connectivity index (χ2v) is 5.07. The number of aromatic nitrogens is 1. The zero-order valence-electron chi connectivity index (χ0n) is 9.15. The van der Waals surface area contributed by atoms with Crippen molar-refractivity contribution in [1.82, 2.24) is 9.88 Å². The summed E-state index contributed by atoms with van der Waals surface area (Å²) in [7, 11) is 2.18. The Hall–Kier alpha value is -0.450. The van der Waals surface area contributed by atoms with Gasteiger partial charge in [0.05, 0.1) is 16.7 Å². The normalized spacial score (nSPS) is 23.2. The van der Waals surface area contributed by atoms with E-state index < -0.39 is 0 Å². The van der Waals surface area contributed by atoms with Crippen LogP contribution in [0.3, 0.4) is 0 Å². The Kier molecular flexibility index (Phi) is 3.72. The van der Waals surface area contributed by atoms with Crippen molar-refractivity contribution in [3.05, 3.63) is 16.1 Å². The molecule has 2 heterocycles. The van der Waals surface area contributed by atoms with Crippen LogP contribution in [0.4, 0.5) is 0 Å². The van der Waals surface area contributed by atoms with Crippen LogP contribution in [0.1, 0.15) is 36.0 Å². The van der Waals surface area contributed by atoms with E-state index in [9.17, 15) is 0 Å². The molecule has 0 radical (unpaired) electrons. The van der Waals surface area contributed by atoms with Gasteiger partial charge >= 0.3 is 0 Å². The van der Waals surface area contributed by atoms with Crippen LogP contribution in [-0.4, -0.2) is 35.2 Å². The highest BCUT2D eigenvalue weighted by molar-refractivity contribution is 7.09. The van der Waals surface area contributed by atoms with Crippen LogP contribution in [0.15, 0.2) is 5.38 Å². The molecule has 0 aliphatic carbocycles. The number of rotatable bonds is 3. The van der Waals surface area contributed by atoms with Crippen molar-refractivity contribution in [3.8, 4) is 0 Å². The van der Waals surface area contributed by atoms with Gasteiger partial charge in [0.1, 0.15) is 0 Å². The standard InChI is InChI=1S/C11H18N2OS/c1-13-6-3-2-4-10(13)9-8-15-11(12-9)5-7-14/h8,10,14H,2-7H2,1H3. The van der Waals surface area contributed by atoms with Crippen LogP contribution >= 0.6 is 11.3 Å². The molecule has 3 nitrogen and oxygen atoms in total. The molecular weight excluding hydrogens is 208 g/mol. The smallest absolute Gasteiger partial charge is 0.0951 e. The number of hydrogen-bond acceptors (Lipinski definition) is 4. The zero-order chi connectivity index (χ0) is 10.7. The Bertz CT molecular complexity index is 313. The van der Waals surface area contributed by atoms with Crippen LogP contribution < -0.4 is 0 Å². The Morgan fingerprint density at radius 3 is 3.20 bits per heavy atom. The van der Waals surface area contributed by atoms with E-state index in [1.54, 1.807) is 11.3 Å². The maximum absolute atomic E-state index is 8.85. The van der Waals surface area contributed by atoms with E-state index in [2.05, 4.69) is 22.3 Å². The van der Waals surface area contributed by atoms with Gasteiger partial charge in [-0.25, -0.2) is 4.98 Å². The molecule has 2 rings (SSSR count). The Morgan fingerprint density at radius 1 is 1.60 bits per heavy atom. The lowest BCUT2D eigenvalue weighted by molar-refractivity contribution is 0.184. The van der Waals surface area contributed by atoms with Crippen LogP contribution in [0.25, 0.3) is 0 Å². The minimum absolute atomic E-state index is 0.202. The summed E-state index contributed by atoms with van der Waals surface area (Å²) in [4.78, 5) is 6.98. The summed E-state index contributed by atoms with van der Waals surface area (Å²) >= 11 is 1.67. The van der Waals surface area contributed by atoms with E-state index in [4.69, 9.17) is 5.11 Å². The highest BCUT2D eigenvalue weighted by Crippen LogP contribution is 2.30. The molecule has 1 atom stereocenters. The van der Waals surface area contributed by atoms with Crippen molar-refractivity contribution in [2.24, 2.45) is 0 Å². The molecule has 15 heavy (non-hydrogen) atoms. The molecule has 84 valence electrons. The van der Waals surface area contributed by atoms with Crippen molar-refractivity contribution < 1.29 is 5.11 Å². The first-order chi connectivity index (χ1) is 7.31. The first kappa shape index (κ1) is 11.0. The molecule has 1 N–H and O–H groups in total. The highest BCUT2D eigenvalue weighted by atomic mass is 32.1. The number of aliphatic hydroxyl groups excluding tert-OH is 1. The monoisotopic (exact) mass is 226 g/mol. The summed E-state index contributed by atoms with van der Waals surface area (Å²) in [6.07, 6.45) is 4.53. The molecule has 4 heteroatoms. The second kappa shape index (κ2) is 5.05. The first-order valence-electron chi connectivity index (χ1n) is 5.56. The lowest BCUT2D eigenvalue weighted by Gasteiger charge is -2.31. The van der Waals surface area contributed by atoms with Gasteiger partial charge in [-0.05, 0) is 26.4 Å². The van der Waals surface area contributed by atoms with Crippen molar-refractivity contribution in [3.63, 3.8) is 0 Å². The summed E-state index contributed by atoms with van der Waals surface area (Å²) in [6.45, 7) is 1.38. The Morgan fingerprint density at radius 2 is 2.47 bits per heavy atom. The fourth-order valence-corrected chi connectivity index (χ4v) is 2.97. The third kappa shape index (κ3) is 2.56. The van der Waals surface area contributed by atoms with Crippen molar-refractivity contribution >= 4 is 11.3 Å². The predicted molar refractivity (Wildman–Crippen MR) is 62.1 cm³/mol. The van der Waals surface area contributed by atoms with E-state index >= 15 is 0 Å². The van der Waals surface area contributed by atoms with Gasteiger partial charge < -0.3 is 5.11 Å². The molecule has 1 unspecified atom stereocenters. The largest absolute Gasteiger partial charge is 0.396 e. The molecule has 0 spiro atoms. The summed E-state index contributed by atoms with van der Waals surface area (Å²) in [5, 5.41) is 12.1. The van der Waals surface area contributed by atoms with Crippen LogP contribution in [0.2, 0.25) is 0 Å². The molecule has 0 amide bonds. The zero-order valence-corrected chi connectivity index (χ0v) is 9.96. The van der Waals surface area contributed by atoms with Gasteiger partial charge in [-0.3, -0.25) is 4.90 Å². The average Bonchev–Trinajstić information content (AvgIpc) is 2.68. The topological polar surface area (TPSA) is 36.4 Å². The van der Waals surface area contributed by atoms with Crippen molar-refractivity contribution in [1.29, 1.82) is 0 Å². The van der Waals surface area contributed by atoms with Gasteiger partial charge in [0, 0.05) is 18.4 Å². The highest BCUT2D eigenvalue weighted by Gasteiger charge is 2.22. The second-order valence-electron chi connectivity index (χ2n) is 4.13. The predicted octanol–water partition coefficient (Wildman–Crippen LogP) is 1.83. The van der Waals surface area contributed by atoms with E-state index in [1.807, 2.05) is 0 Å². The first-order valence-corrected chi connectivity index (χ1v) is 6.44. The van der Waals surface area contributed by atoms with Gasteiger partial charge in [0.2, 0.25) is 0 Å². The lowest BCUT2D eigenvalue weighted by atomic mass is 10.0. The SMILES string of the molecule is CN1CCCCC1c1csc(CCO)n1. The average molecular weight is 226 g/mol. The van der Waals surface area contributed by atoms with Gasteiger partial charge in [-0.1, -0.05) is 6.42 Å². The number of likely N-dealkylation sites (tertiary alicyclic amines) is 1. The van der Waals surface area contributed by atoms with Gasteiger partial charge in [0.15, 0.2) is 0 Å². The molecule has 0 bridgehead atoms. The van der Waals surface area contributed by atoms with E-state index in [1.165, 1.54) is 31.5 Å². The minimum atomic E-state index is 0.202. The maximum atomic E-state index is 8.85. The van der Waals surface area contributed by atoms with Crippen molar-refractivity contribution in [2.45, 2.75) is 31.7 Å². The molecule has 0 aromatic carbocycles. The molecule has 1 aromatic rings. The fraction of sp³-hybridized carbons (Fsp3) is 0.727. The molecular formula is C11H18N2OS. The number of aliphatic hydroxyl groups is 1. The maximum Gasteiger partial charge on any atom is 0.0951 e. The lowest BCUT2D eigenvalue weighted by Crippen LogP contribution is -2.29. The van der Waals surface area contributed by atoms with E-state index in [0.717, 1.165) is 5.01 Å². The number of hydrogen-bond donors (Lipinski definition) is 1. The Balaban J connectivity index is 2.06. The fourth-order valence-electron chi connectivity index (χ4n) is 2.14. The molecule has 1 aliphatic heterocycles. The number of nitrogens with zero attached hydrogens (tertiary/aromatic N) is 2. The number of piperidine rings is 1. The number of thiazole rings is 1. The van der Waals surface area contributed by atoms with Gasteiger partial charge in [0.25, 0.3) is 0 Å². The van der Waals surface area contributed by atoms with Gasteiger partial charge in [-0.2, -0.15) is 0 Å². The van der Waals surface area contributed by atoms with Crippen LogP contribution in [-0.2, 0) is 6.42 Å². The van der Waals surface area contributed by atoms with E-state index in [0.29, 0.717) is 12.5 Å². The van der Waals surface area contributed by atoms with Crippen molar-refractivity contribution in [2.75, 3.05) is 20.2 Å². The molecule has 1 aromatic heterocycles. The summed E-state index contributed by atoms with van der Waals surface area (Å²) in [5.41, 5.74) is 1.20. The third-order valence-corrected chi connectivity index (χ3v) is 3.93. The summed E-state index contributed by atoms with van der Waals surface area (Å²) in [5.74, 6) is 0. The molecule has 1 saturated heterocycles. The quantitative estimate of drug-likeness (QED) is 0.854. The Labute approximate surface area is 94.8 Å². The van der Waals surface area contributed by atoms with Gasteiger partial charge in [-0.15, -0.1) is 11.3 Å². The molecule has 0 saturated carbocycles. The third-order valence-electron chi connectivity index (χ3n) is 3.01. The summed E-state index contributed by atoms with van der Waals surface area (Å²) in [6, 6.07) is 0.502. The van der Waals surface area contributed by atoms with Crippen LogP contribution in [0.5, 0.6) is 0 Å². The van der Waals surface area contributed by atoms with E-state index in [-0.39, 0.29) is 6.61 Å².